The summed E-state index contributed by atoms with van der Waals surface area (Å²) in [4.78, 5) is 7.21. The summed E-state index contributed by atoms with van der Waals surface area (Å²) >= 11 is 0. The molecule has 7 heteroatoms. The molecule has 0 aliphatic carbocycles. The molecule has 1 heterocycles. The molecule has 0 amide bonds. The Bertz CT molecular complexity index is 651. The van der Waals surface area contributed by atoms with Gasteiger partial charge in [-0.15, -0.1) is 0 Å². The Hall–Kier alpha value is -1.86. The van der Waals surface area contributed by atoms with Crippen LogP contribution in [0, 0.1) is 0 Å². The molecule has 2 aromatic rings. The van der Waals surface area contributed by atoms with Gasteiger partial charge in [-0.05, 0) is 30.7 Å². The van der Waals surface area contributed by atoms with Crippen molar-refractivity contribution in [1.82, 2.24) is 14.3 Å². The second kappa shape index (κ2) is 6.73. The molecular formula is C14H20N4O2S. The average Bonchev–Trinajstić information content (AvgIpc) is 2.98. The molecule has 0 radical (unpaired) electrons. The molecule has 114 valence electrons. The van der Waals surface area contributed by atoms with E-state index in [0.717, 1.165) is 18.7 Å². The van der Waals surface area contributed by atoms with Gasteiger partial charge in [0.1, 0.15) is 5.82 Å². The van der Waals surface area contributed by atoms with Crippen LogP contribution in [0.4, 0.5) is 5.69 Å². The predicted octanol–water partition coefficient (Wildman–Crippen LogP) is 2.05. The molecule has 1 aromatic heterocycles. The highest BCUT2D eigenvalue weighted by atomic mass is 32.2. The molecule has 0 saturated carbocycles. The van der Waals surface area contributed by atoms with Crippen molar-refractivity contribution in [1.29, 1.82) is 0 Å². The van der Waals surface area contributed by atoms with E-state index in [-0.39, 0.29) is 11.4 Å². The van der Waals surface area contributed by atoms with Crippen LogP contribution in [0.5, 0.6) is 0 Å². The lowest BCUT2D eigenvalue weighted by Crippen LogP contribution is -2.27. The number of H-pyrrole nitrogens is 1. The second-order valence-corrected chi connectivity index (χ2v) is 6.79. The molecule has 1 aromatic carbocycles. The molecule has 0 spiro atoms. The third-order valence-corrected chi connectivity index (χ3v) is 4.89. The first kappa shape index (κ1) is 15.5. The third-order valence-electron chi connectivity index (χ3n) is 3.07. The van der Waals surface area contributed by atoms with Gasteiger partial charge in [0.25, 0.3) is 0 Å². The average molecular weight is 308 g/mol. The molecule has 2 rings (SSSR count). The minimum atomic E-state index is -3.51. The first-order valence-electron chi connectivity index (χ1n) is 6.82. The number of hydrogen-bond donors (Lipinski definition) is 2. The van der Waals surface area contributed by atoms with Crippen molar-refractivity contribution >= 4 is 15.7 Å². The monoisotopic (exact) mass is 308 g/mol. The van der Waals surface area contributed by atoms with Crippen LogP contribution < -0.4 is 5.32 Å². The van der Waals surface area contributed by atoms with E-state index in [2.05, 4.69) is 22.2 Å². The lowest BCUT2D eigenvalue weighted by atomic mass is 10.3. The number of nitrogens with zero attached hydrogens (tertiary/aromatic N) is 2. The fourth-order valence-corrected chi connectivity index (χ4v) is 3.01. The van der Waals surface area contributed by atoms with E-state index in [4.69, 9.17) is 0 Å². The van der Waals surface area contributed by atoms with Gasteiger partial charge >= 0.3 is 0 Å². The van der Waals surface area contributed by atoms with Gasteiger partial charge in [0.15, 0.2) is 0 Å². The molecular weight excluding hydrogens is 288 g/mol. The van der Waals surface area contributed by atoms with Crippen LogP contribution in [-0.4, -0.2) is 36.3 Å². The van der Waals surface area contributed by atoms with Crippen LogP contribution in [0.25, 0.3) is 0 Å². The maximum absolute atomic E-state index is 12.4. The largest absolute Gasteiger partial charge is 0.385 e. The Labute approximate surface area is 125 Å². The number of imidazole rings is 1. The maximum atomic E-state index is 12.4. The van der Waals surface area contributed by atoms with E-state index >= 15 is 0 Å². The van der Waals surface area contributed by atoms with E-state index in [0.29, 0.717) is 5.82 Å². The lowest BCUT2D eigenvalue weighted by Gasteiger charge is -2.16. The van der Waals surface area contributed by atoms with E-state index in [1.807, 2.05) is 0 Å². The van der Waals surface area contributed by atoms with Gasteiger partial charge in [-0.2, -0.15) is 4.31 Å². The number of nitrogens with one attached hydrogen (secondary N) is 2. The van der Waals surface area contributed by atoms with Crippen LogP contribution in [0.3, 0.4) is 0 Å². The fourth-order valence-electron chi connectivity index (χ4n) is 1.87. The summed E-state index contributed by atoms with van der Waals surface area (Å²) in [6.45, 7) is 3.16. The van der Waals surface area contributed by atoms with Crippen molar-refractivity contribution < 1.29 is 8.42 Å². The van der Waals surface area contributed by atoms with E-state index in [1.165, 1.54) is 4.31 Å². The van der Waals surface area contributed by atoms with Gasteiger partial charge in [-0.25, -0.2) is 13.4 Å². The molecule has 0 bridgehead atoms. The standard InChI is InChI=1S/C14H20N4O2S/c1-3-8-15-12-4-6-13(7-5-12)21(19,20)18(2)11-14-16-9-10-17-14/h4-7,9-10,15H,3,8,11H2,1-2H3,(H,16,17). The molecule has 6 nitrogen and oxygen atoms in total. The zero-order valence-corrected chi connectivity index (χ0v) is 13.0. The number of rotatable bonds is 7. The van der Waals surface area contributed by atoms with Crippen LogP contribution in [0.1, 0.15) is 19.2 Å². The summed E-state index contributed by atoms with van der Waals surface area (Å²) in [7, 11) is -1.96. The predicted molar refractivity (Wildman–Crippen MR) is 82.5 cm³/mol. The molecule has 21 heavy (non-hydrogen) atoms. The Morgan fingerprint density at radius 1 is 1.29 bits per heavy atom. The molecule has 0 unspecified atom stereocenters. The smallest absolute Gasteiger partial charge is 0.243 e. The number of aromatic amines is 1. The van der Waals surface area contributed by atoms with Gasteiger partial charge in [0.2, 0.25) is 10.0 Å². The number of hydrogen-bond acceptors (Lipinski definition) is 4. The van der Waals surface area contributed by atoms with Crippen LogP contribution in [0.15, 0.2) is 41.6 Å². The minimum absolute atomic E-state index is 0.213. The van der Waals surface area contributed by atoms with E-state index < -0.39 is 10.0 Å². The number of anilines is 1. The molecule has 0 aliphatic heterocycles. The van der Waals surface area contributed by atoms with Crippen molar-refractivity contribution in [3.63, 3.8) is 0 Å². The van der Waals surface area contributed by atoms with Gasteiger partial charge < -0.3 is 10.3 Å². The van der Waals surface area contributed by atoms with Crippen molar-refractivity contribution in [3.8, 4) is 0 Å². The normalized spacial score (nSPS) is 11.8. The molecule has 0 saturated heterocycles. The highest BCUT2D eigenvalue weighted by Crippen LogP contribution is 2.18. The summed E-state index contributed by atoms with van der Waals surface area (Å²) in [6.07, 6.45) is 4.29. The SMILES string of the molecule is CCCNc1ccc(S(=O)(=O)N(C)Cc2ncc[nH]2)cc1. The number of sulfonamides is 1. The Kier molecular flexibility index (Phi) is 4.98. The number of aromatic nitrogens is 2. The Morgan fingerprint density at radius 3 is 2.57 bits per heavy atom. The third kappa shape index (κ3) is 3.83. The van der Waals surface area contributed by atoms with Gasteiger partial charge in [-0.1, -0.05) is 6.92 Å². The summed E-state index contributed by atoms with van der Waals surface area (Å²) in [5.41, 5.74) is 0.921. The van der Waals surface area contributed by atoms with Crippen molar-refractivity contribution in [3.05, 3.63) is 42.5 Å². The van der Waals surface area contributed by atoms with Gasteiger partial charge in [-0.3, -0.25) is 0 Å². The maximum Gasteiger partial charge on any atom is 0.243 e. The first-order chi connectivity index (χ1) is 10.0. The van der Waals surface area contributed by atoms with Gasteiger partial charge in [0.05, 0.1) is 11.4 Å². The van der Waals surface area contributed by atoms with E-state index in [1.54, 1.807) is 43.7 Å². The Morgan fingerprint density at radius 2 is 2.00 bits per heavy atom. The minimum Gasteiger partial charge on any atom is -0.385 e. The highest BCUT2D eigenvalue weighted by Gasteiger charge is 2.21. The molecule has 0 aliphatic rings. The zero-order valence-electron chi connectivity index (χ0n) is 12.2. The van der Waals surface area contributed by atoms with E-state index in [9.17, 15) is 8.42 Å². The summed E-state index contributed by atoms with van der Waals surface area (Å²) in [6, 6.07) is 6.80. The number of benzene rings is 1. The topological polar surface area (TPSA) is 78.1 Å². The highest BCUT2D eigenvalue weighted by molar-refractivity contribution is 7.89. The van der Waals surface area contributed by atoms with Gasteiger partial charge in [0, 0.05) is 31.7 Å². The zero-order chi connectivity index (χ0) is 15.3. The molecule has 2 N–H and O–H groups in total. The van der Waals surface area contributed by atoms with Crippen LogP contribution >= 0.6 is 0 Å². The van der Waals surface area contributed by atoms with Crippen LogP contribution in [-0.2, 0) is 16.6 Å². The molecule has 0 atom stereocenters. The van der Waals surface area contributed by atoms with Crippen LogP contribution in [0.2, 0.25) is 0 Å². The second-order valence-electron chi connectivity index (χ2n) is 4.75. The van der Waals surface area contributed by atoms with Crippen molar-refractivity contribution in [2.24, 2.45) is 0 Å². The lowest BCUT2D eigenvalue weighted by molar-refractivity contribution is 0.458. The molecule has 0 fully saturated rings. The Balaban J connectivity index is 2.11. The fraction of sp³-hybridized carbons (Fsp3) is 0.357. The van der Waals surface area contributed by atoms with Crippen molar-refractivity contribution in [2.75, 3.05) is 18.9 Å². The summed E-state index contributed by atoms with van der Waals surface area (Å²) < 4.78 is 26.2. The first-order valence-corrected chi connectivity index (χ1v) is 8.26. The summed E-state index contributed by atoms with van der Waals surface area (Å²) in [5, 5.41) is 3.22. The van der Waals surface area contributed by atoms with Crippen molar-refractivity contribution in [2.45, 2.75) is 24.8 Å². The summed E-state index contributed by atoms with van der Waals surface area (Å²) in [5.74, 6) is 0.613. The quantitative estimate of drug-likeness (QED) is 0.820.